The fourth-order valence-electron chi connectivity index (χ4n) is 3.39. The van der Waals surface area contributed by atoms with E-state index in [0.29, 0.717) is 5.75 Å². The number of carboxylic acid groups (broad SMARTS) is 1. The van der Waals surface area contributed by atoms with Crippen molar-refractivity contribution in [2.24, 2.45) is 5.92 Å². The molecule has 1 aliphatic rings. The van der Waals surface area contributed by atoms with Crippen molar-refractivity contribution in [1.82, 2.24) is 10.6 Å². The predicted octanol–water partition coefficient (Wildman–Crippen LogP) is -0.472. The van der Waals surface area contributed by atoms with Crippen LogP contribution in [0.15, 0.2) is 24.3 Å². The minimum Gasteiger partial charge on any atom is -0.497 e. The van der Waals surface area contributed by atoms with Crippen molar-refractivity contribution in [2.75, 3.05) is 19.0 Å². The highest BCUT2D eigenvalue weighted by atomic mass is 19.2. The average molecular weight is 505 g/mol. The molecule has 0 bridgehead atoms. The lowest BCUT2D eigenvalue weighted by Gasteiger charge is -2.47. The van der Waals surface area contributed by atoms with Crippen molar-refractivity contribution < 1.29 is 53.1 Å². The average Bonchev–Trinajstić information content (AvgIpc) is 2.82. The Morgan fingerprint density at radius 3 is 2.23 bits per heavy atom. The Bertz CT molecular complexity index is 905. The van der Waals surface area contributed by atoms with Gasteiger partial charge >= 0.3 is 17.9 Å². The second-order valence-corrected chi connectivity index (χ2v) is 8.22. The minimum absolute atomic E-state index is 0.213. The fraction of sp³-hybridized carbons (Fsp3) is 0.571. The lowest BCUT2D eigenvalue weighted by Crippen LogP contribution is -2.75. The van der Waals surface area contributed by atoms with Gasteiger partial charge in [-0.2, -0.15) is 4.39 Å². The van der Waals surface area contributed by atoms with E-state index in [0.717, 1.165) is 0 Å². The summed E-state index contributed by atoms with van der Waals surface area (Å²) >= 11 is 0. The van der Waals surface area contributed by atoms with Crippen LogP contribution >= 0.6 is 0 Å². The number of aliphatic carboxylic acids is 1. The van der Waals surface area contributed by atoms with E-state index in [1.165, 1.54) is 45.2 Å². The first-order chi connectivity index (χ1) is 16.3. The summed E-state index contributed by atoms with van der Waals surface area (Å²) in [5.41, 5.74) is 0.213. The molecular weight excluding hydrogens is 476 g/mol. The van der Waals surface area contributed by atoms with Gasteiger partial charge in [-0.25, -0.2) is 14.0 Å². The lowest BCUT2D eigenvalue weighted by atomic mass is 9.85. The summed E-state index contributed by atoms with van der Waals surface area (Å²) in [5, 5.41) is 45.4. The molecule has 1 saturated heterocycles. The van der Waals surface area contributed by atoms with E-state index >= 15 is 8.78 Å². The van der Waals surface area contributed by atoms with Crippen LogP contribution in [0.4, 0.5) is 19.3 Å². The number of alkyl halides is 2. The second kappa shape index (κ2) is 11.6. The van der Waals surface area contributed by atoms with Crippen molar-refractivity contribution in [2.45, 2.75) is 56.3 Å². The maximum atomic E-state index is 15.3. The highest BCUT2D eigenvalue weighted by Gasteiger charge is 2.63. The van der Waals surface area contributed by atoms with Crippen LogP contribution < -0.4 is 20.7 Å². The number of nitrogens with one attached hydrogen (secondary N) is 3. The van der Waals surface area contributed by atoms with Gasteiger partial charge in [-0.05, 0) is 24.3 Å². The maximum Gasteiger partial charge on any atom is 0.372 e. The highest BCUT2D eigenvalue weighted by Crippen LogP contribution is 2.36. The van der Waals surface area contributed by atoms with Crippen LogP contribution in [0.3, 0.4) is 0 Å². The van der Waals surface area contributed by atoms with E-state index in [1.807, 2.05) is 0 Å². The van der Waals surface area contributed by atoms with Gasteiger partial charge in [0.15, 0.2) is 6.17 Å². The summed E-state index contributed by atoms with van der Waals surface area (Å²) in [6.45, 7) is 1.89. The van der Waals surface area contributed by atoms with Crippen LogP contribution in [0.25, 0.3) is 0 Å². The van der Waals surface area contributed by atoms with Gasteiger partial charge in [0, 0.05) is 11.6 Å². The third-order valence-corrected chi connectivity index (χ3v) is 5.41. The van der Waals surface area contributed by atoms with Crippen LogP contribution in [-0.2, 0) is 14.3 Å². The monoisotopic (exact) mass is 505 g/mol. The zero-order valence-electron chi connectivity index (χ0n) is 19.1. The number of carbonyl (C=O) groups is 3. The van der Waals surface area contributed by atoms with Gasteiger partial charge in [-0.15, -0.1) is 0 Å². The Morgan fingerprint density at radius 1 is 1.14 bits per heavy atom. The Balaban J connectivity index is 2.43. The molecule has 1 heterocycles. The number of ether oxygens (including phenoxy) is 2. The number of carboxylic acids is 1. The Hall–Kier alpha value is -3.07. The number of halogens is 2. The first-order valence-corrected chi connectivity index (χ1v) is 10.6. The maximum absolute atomic E-state index is 15.3. The van der Waals surface area contributed by atoms with Gasteiger partial charge in [0.2, 0.25) is 5.91 Å². The number of hydrogen-bond donors (Lipinski definition) is 7. The molecule has 0 aliphatic carbocycles. The molecule has 1 aliphatic heterocycles. The molecule has 1 aromatic carbocycles. The van der Waals surface area contributed by atoms with Gasteiger partial charge in [0.25, 0.3) is 0 Å². The minimum atomic E-state index is -4.07. The molecule has 0 aromatic heterocycles. The Kier molecular flexibility index (Phi) is 9.31. The molecule has 196 valence electrons. The molecule has 1 aromatic rings. The summed E-state index contributed by atoms with van der Waals surface area (Å²) in [6.07, 6.45) is -9.29. The number of amides is 3. The first kappa shape index (κ1) is 28.2. The SMILES string of the molecule is COc1ccc(NC(=O)N[C@H]2C(F)C(F)(C(=O)O)O[C@@H]([C@H](O)[C@H](O)CO)[C@@H]2NC(=O)C(C)C)cc1. The molecule has 2 unspecified atom stereocenters. The molecule has 35 heavy (non-hydrogen) atoms. The molecule has 3 amide bonds. The molecule has 2 rings (SSSR count). The van der Waals surface area contributed by atoms with Crippen LogP contribution in [0.1, 0.15) is 13.8 Å². The number of aliphatic hydroxyl groups excluding tert-OH is 3. The summed E-state index contributed by atoms with van der Waals surface area (Å²) in [5.74, 6) is -7.43. The number of hydrogen-bond acceptors (Lipinski definition) is 8. The zero-order valence-corrected chi connectivity index (χ0v) is 19.1. The summed E-state index contributed by atoms with van der Waals surface area (Å²) in [4.78, 5) is 36.5. The van der Waals surface area contributed by atoms with Crippen molar-refractivity contribution in [3.63, 3.8) is 0 Å². The van der Waals surface area contributed by atoms with E-state index in [1.54, 1.807) is 0 Å². The van der Waals surface area contributed by atoms with Crippen molar-refractivity contribution in [3.05, 3.63) is 24.3 Å². The predicted molar refractivity (Wildman–Crippen MR) is 116 cm³/mol. The van der Waals surface area contributed by atoms with E-state index < -0.39 is 72.9 Å². The zero-order chi connectivity index (χ0) is 26.5. The van der Waals surface area contributed by atoms with Gasteiger partial charge in [0.05, 0.1) is 25.8 Å². The standard InChI is InChI=1S/C21H29F2N3O9/c1-9(2)18(30)25-13-14(26-20(33)24-10-4-6-11(34-3)7-5-10)17(22)21(23,19(31)32)35-16(13)15(29)12(28)8-27/h4-7,9,12-17,27-29H,8H2,1-3H3,(H,25,30)(H,31,32)(H2,24,26,33)/t12-,13-,14-,15-,16-,17?,21?/m1/s1. The van der Waals surface area contributed by atoms with Crippen molar-refractivity contribution >= 4 is 23.6 Å². The van der Waals surface area contributed by atoms with Gasteiger partial charge in [0.1, 0.15) is 24.1 Å². The molecule has 0 spiro atoms. The molecule has 14 heteroatoms. The normalized spacial score (nSPS) is 28.0. The highest BCUT2D eigenvalue weighted by molar-refractivity contribution is 5.90. The largest absolute Gasteiger partial charge is 0.497 e. The molecule has 12 nitrogen and oxygen atoms in total. The summed E-state index contributed by atoms with van der Waals surface area (Å²) < 4.78 is 40.2. The van der Waals surface area contributed by atoms with Crippen LogP contribution in [0.5, 0.6) is 5.75 Å². The number of carbonyl (C=O) groups excluding carboxylic acids is 2. The Labute approximate surface area is 199 Å². The number of anilines is 1. The van der Waals surface area contributed by atoms with Gasteiger partial charge in [-0.3, -0.25) is 4.79 Å². The van der Waals surface area contributed by atoms with Crippen molar-refractivity contribution in [3.8, 4) is 5.75 Å². The Morgan fingerprint density at radius 2 is 1.74 bits per heavy atom. The quantitative estimate of drug-likeness (QED) is 0.233. The van der Waals surface area contributed by atoms with E-state index in [4.69, 9.17) is 9.47 Å². The number of methoxy groups -OCH3 is 1. The molecule has 0 saturated carbocycles. The van der Waals surface area contributed by atoms with Gasteiger partial charge in [-0.1, -0.05) is 13.8 Å². The number of rotatable bonds is 9. The van der Waals surface area contributed by atoms with Crippen LogP contribution in [0.2, 0.25) is 0 Å². The molecule has 7 atom stereocenters. The van der Waals surface area contributed by atoms with Crippen molar-refractivity contribution in [1.29, 1.82) is 0 Å². The smallest absolute Gasteiger partial charge is 0.372 e. The summed E-state index contributed by atoms with van der Waals surface area (Å²) in [7, 11) is 1.43. The van der Waals surface area contributed by atoms with E-state index in [-0.39, 0.29) is 5.69 Å². The third kappa shape index (κ3) is 6.33. The van der Waals surface area contributed by atoms with Crippen LogP contribution in [-0.4, -0.2) is 94.5 Å². The second-order valence-electron chi connectivity index (χ2n) is 8.22. The van der Waals surface area contributed by atoms with Gasteiger partial charge < -0.3 is 45.9 Å². The molecule has 1 fully saturated rings. The molecular formula is C21H29F2N3O9. The van der Waals surface area contributed by atoms with Crippen LogP contribution in [0, 0.1) is 5.92 Å². The molecule has 7 N–H and O–H groups in total. The van der Waals surface area contributed by atoms with E-state index in [9.17, 15) is 34.8 Å². The summed E-state index contributed by atoms with van der Waals surface area (Å²) in [6, 6.07) is 0.956. The third-order valence-electron chi connectivity index (χ3n) is 5.41. The number of benzene rings is 1. The molecule has 0 radical (unpaired) electrons. The lowest BCUT2D eigenvalue weighted by molar-refractivity contribution is -0.277. The number of urea groups is 1. The first-order valence-electron chi connectivity index (χ1n) is 10.6. The number of aliphatic hydroxyl groups is 3. The van der Waals surface area contributed by atoms with E-state index in [2.05, 4.69) is 16.0 Å². The fourth-order valence-corrected chi connectivity index (χ4v) is 3.39. The topological polar surface area (TPSA) is 187 Å².